The van der Waals surface area contributed by atoms with E-state index in [-0.39, 0.29) is 11.2 Å². The molecule has 0 radical (unpaired) electrons. The van der Waals surface area contributed by atoms with Crippen molar-refractivity contribution in [3.05, 3.63) is 66.0 Å². The van der Waals surface area contributed by atoms with Gasteiger partial charge in [0.05, 0.1) is 5.69 Å². The zero-order valence-electron chi connectivity index (χ0n) is 16.6. The zero-order valence-corrected chi connectivity index (χ0v) is 16.6. The van der Waals surface area contributed by atoms with E-state index in [0.717, 1.165) is 50.2 Å². The van der Waals surface area contributed by atoms with Gasteiger partial charge in [-0.2, -0.15) is 4.98 Å². The Balaban J connectivity index is 1.50. The molecule has 2 aromatic heterocycles. The van der Waals surface area contributed by atoms with Crippen LogP contribution in [0, 0.1) is 5.82 Å². The molecule has 3 aromatic rings. The van der Waals surface area contributed by atoms with E-state index in [9.17, 15) is 4.39 Å². The van der Waals surface area contributed by atoms with Crippen molar-refractivity contribution in [2.45, 2.75) is 31.2 Å². The molecule has 1 saturated heterocycles. The van der Waals surface area contributed by atoms with Crippen LogP contribution in [0.2, 0.25) is 0 Å². The number of piperidine rings is 1. The summed E-state index contributed by atoms with van der Waals surface area (Å²) in [6, 6.07) is 12.1. The van der Waals surface area contributed by atoms with Crippen LogP contribution in [0.25, 0.3) is 11.5 Å². The third kappa shape index (κ3) is 4.52. The van der Waals surface area contributed by atoms with Gasteiger partial charge < -0.3 is 9.26 Å². The van der Waals surface area contributed by atoms with Gasteiger partial charge in [-0.25, -0.2) is 4.39 Å². The van der Waals surface area contributed by atoms with Crippen LogP contribution in [-0.4, -0.2) is 46.8 Å². The number of hydrogen-bond acceptors (Lipinski definition) is 6. The van der Waals surface area contributed by atoms with E-state index in [4.69, 9.17) is 9.26 Å². The lowest BCUT2D eigenvalue weighted by Crippen LogP contribution is -2.43. The van der Waals surface area contributed by atoms with Crippen molar-refractivity contribution in [2.24, 2.45) is 0 Å². The summed E-state index contributed by atoms with van der Waals surface area (Å²) in [5.41, 5.74) is 1.62. The Labute approximate surface area is 169 Å². The van der Waals surface area contributed by atoms with Gasteiger partial charge in [-0.3, -0.25) is 9.88 Å². The van der Waals surface area contributed by atoms with Gasteiger partial charge >= 0.3 is 0 Å². The maximum atomic E-state index is 13.2. The Morgan fingerprint density at radius 2 is 1.93 bits per heavy atom. The molecule has 29 heavy (non-hydrogen) atoms. The minimum Gasteiger partial charge on any atom is -0.385 e. The Morgan fingerprint density at radius 1 is 1.14 bits per heavy atom. The molecular weight excluding hydrogens is 371 g/mol. The van der Waals surface area contributed by atoms with E-state index < -0.39 is 0 Å². The highest BCUT2D eigenvalue weighted by atomic mass is 19.1. The van der Waals surface area contributed by atoms with Crippen molar-refractivity contribution in [2.75, 3.05) is 26.8 Å². The Bertz CT molecular complexity index is 906. The van der Waals surface area contributed by atoms with E-state index in [1.807, 2.05) is 18.3 Å². The van der Waals surface area contributed by atoms with Crippen LogP contribution >= 0.6 is 0 Å². The highest BCUT2D eigenvalue weighted by Crippen LogP contribution is 2.38. The van der Waals surface area contributed by atoms with E-state index in [0.29, 0.717) is 18.3 Å². The number of likely N-dealkylation sites (tertiary alicyclic amines) is 1. The topological polar surface area (TPSA) is 64.3 Å². The molecule has 0 atom stereocenters. The third-order valence-corrected chi connectivity index (χ3v) is 5.70. The molecule has 152 valence electrons. The van der Waals surface area contributed by atoms with Crippen LogP contribution in [0.15, 0.2) is 53.2 Å². The fraction of sp³-hybridized carbons (Fsp3) is 0.409. The second kappa shape index (κ2) is 8.80. The SMILES string of the molecule is COCCC1(c2noc(-c3ccc(F)cc3)n2)CCN(Cc2ccccn2)CC1. The first-order valence-corrected chi connectivity index (χ1v) is 9.90. The number of aromatic nitrogens is 3. The lowest BCUT2D eigenvalue weighted by Gasteiger charge is -2.39. The van der Waals surface area contributed by atoms with Gasteiger partial charge in [0.1, 0.15) is 5.82 Å². The third-order valence-electron chi connectivity index (χ3n) is 5.70. The molecule has 4 rings (SSSR count). The largest absolute Gasteiger partial charge is 0.385 e. The Hall–Kier alpha value is -2.64. The van der Waals surface area contributed by atoms with E-state index in [2.05, 4.69) is 26.1 Å². The van der Waals surface area contributed by atoms with Crippen molar-refractivity contribution in [1.82, 2.24) is 20.0 Å². The van der Waals surface area contributed by atoms with Crippen LogP contribution in [-0.2, 0) is 16.7 Å². The van der Waals surface area contributed by atoms with Crippen molar-refractivity contribution < 1.29 is 13.7 Å². The summed E-state index contributed by atoms with van der Waals surface area (Å²) >= 11 is 0. The number of hydrogen-bond donors (Lipinski definition) is 0. The normalized spacial score (nSPS) is 16.8. The van der Waals surface area contributed by atoms with Crippen molar-refractivity contribution in [1.29, 1.82) is 0 Å². The number of nitrogens with zero attached hydrogens (tertiary/aromatic N) is 4. The molecule has 6 nitrogen and oxygen atoms in total. The summed E-state index contributed by atoms with van der Waals surface area (Å²) in [6.07, 6.45) is 4.51. The average molecular weight is 396 g/mol. The van der Waals surface area contributed by atoms with E-state index in [1.54, 1.807) is 19.2 Å². The van der Waals surface area contributed by atoms with Crippen molar-refractivity contribution >= 4 is 0 Å². The molecule has 0 N–H and O–H groups in total. The van der Waals surface area contributed by atoms with Gasteiger partial charge in [0.2, 0.25) is 0 Å². The van der Waals surface area contributed by atoms with Crippen molar-refractivity contribution in [3.8, 4) is 11.5 Å². The zero-order chi connectivity index (χ0) is 20.1. The van der Waals surface area contributed by atoms with Gasteiger partial charge in [-0.15, -0.1) is 0 Å². The number of methoxy groups -OCH3 is 1. The van der Waals surface area contributed by atoms with Crippen LogP contribution in [0.3, 0.4) is 0 Å². The maximum absolute atomic E-state index is 13.2. The molecule has 7 heteroatoms. The Kier molecular flexibility index (Phi) is 5.97. The molecule has 0 spiro atoms. The number of rotatable bonds is 7. The molecule has 0 amide bonds. The molecule has 0 aliphatic carbocycles. The van der Waals surface area contributed by atoms with Crippen LogP contribution in [0.4, 0.5) is 4.39 Å². The molecule has 1 fully saturated rings. The summed E-state index contributed by atoms with van der Waals surface area (Å²) in [4.78, 5) is 11.5. The van der Waals surface area contributed by atoms with Gasteiger partial charge in [-0.05, 0) is 68.8 Å². The molecule has 1 aliphatic rings. The highest BCUT2D eigenvalue weighted by Gasteiger charge is 2.40. The predicted octanol–water partition coefficient (Wildman–Crippen LogP) is 3.84. The molecule has 0 bridgehead atoms. The number of halogens is 1. The molecule has 0 unspecified atom stereocenters. The monoisotopic (exact) mass is 396 g/mol. The van der Waals surface area contributed by atoms with Crippen LogP contribution < -0.4 is 0 Å². The van der Waals surface area contributed by atoms with Crippen LogP contribution in [0.5, 0.6) is 0 Å². The Morgan fingerprint density at radius 3 is 2.62 bits per heavy atom. The van der Waals surface area contributed by atoms with E-state index in [1.165, 1.54) is 12.1 Å². The molecule has 1 aromatic carbocycles. The van der Waals surface area contributed by atoms with Gasteiger partial charge in [0.25, 0.3) is 5.89 Å². The number of ether oxygens (including phenoxy) is 1. The molecule has 1 aliphatic heterocycles. The summed E-state index contributed by atoms with van der Waals surface area (Å²) < 4.78 is 24.1. The smallest absolute Gasteiger partial charge is 0.257 e. The van der Waals surface area contributed by atoms with Crippen LogP contribution in [0.1, 0.15) is 30.8 Å². The summed E-state index contributed by atoms with van der Waals surface area (Å²) in [7, 11) is 1.71. The van der Waals surface area contributed by atoms with Crippen molar-refractivity contribution in [3.63, 3.8) is 0 Å². The lowest BCUT2D eigenvalue weighted by atomic mass is 9.75. The standard InChI is InChI=1S/C22H25FN4O2/c1-28-15-11-22(9-13-27(14-10-22)16-19-4-2-3-12-24-19)21-25-20(29-26-21)17-5-7-18(23)8-6-17/h2-8,12H,9-11,13-16H2,1H3. The first-order valence-electron chi connectivity index (χ1n) is 9.90. The maximum Gasteiger partial charge on any atom is 0.257 e. The number of benzene rings is 1. The highest BCUT2D eigenvalue weighted by molar-refractivity contribution is 5.52. The fourth-order valence-corrected chi connectivity index (χ4v) is 3.89. The van der Waals surface area contributed by atoms with Gasteiger partial charge in [0, 0.05) is 37.4 Å². The first kappa shape index (κ1) is 19.7. The minimum absolute atomic E-state index is 0.182. The lowest BCUT2D eigenvalue weighted by molar-refractivity contribution is 0.102. The summed E-state index contributed by atoms with van der Waals surface area (Å²) in [5.74, 6) is 0.851. The average Bonchev–Trinajstić information content (AvgIpc) is 3.26. The fourth-order valence-electron chi connectivity index (χ4n) is 3.89. The quantitative estimate of drug-likeness (QED) is 0.605. The molecular formula is C22H25FN4O2. The number of pyridine rings is 1. The van der Waals surface area contributed by atoms with Gasteiger partial charge in [0.15, 0.2) is 5.82 Å². The minimum atomic E-state index is -0.287. The second-order valence-electron chi connectivity index (χ2n) is 7.55. The summed E-state index contributed by atoms with van der Waals surface area (Å²) in [5, 5.41) is 4.31. The second-order valence-corrected chi connectivity index (χ2v) is 7.55. The molecule has 0 saturated carbocycles. The molecule has 3 heterocycles. The van der Waals surface area contributed by atoms with Gasteiger partial charge in [-0.1, -0.05) is 11.2 Å². The predicted molar refractivity (Wildman–Crippen MR) is 107 cm³/mol. The summed E-state index contributed by atoms with van der Waals surface area (Å²) in [6.45, 7) is 3.34. The van der Waals surface area contributed by atoms with E-state index >= 15 is 0 Å². The first-order chi connectivity index (χ1) is 14.2.